The monoisotopic (exact) mass is 479 g/mol. The number of rotatable bonds is 9. The lowest BCUT2D eigenvalue weighted by molar-refractivity contribution is -0.117. The van der Waals surface area contributed by atoms with Crippen LogP contribution in [0.3, 0.4) is 0 Å². The third-order valence-electron chi connectivity index (χ3n) is 5.16. The summed E-state index contributed by atoms with van der Waals surface area (Å²) < 4.78 is 25.2. The fourth-order valence-corrected chi connectivity index (χ4v) is 4.99. The summed E-state index contributed by atoms with van der Waals surface area (Å²) in [6, 6.07) is 4.03. The van der Waals surface area contributed by atoms with E-state index in [0.717, 1.165) is 31.2 Å². The number of nitrogens with zero attached hydrogens (tertiary/aromatic N) is 2. The van der Waals surface area contributed by atoms with Gasteiger partial charge in [0.05, 0.1) is 21.7 Å². The van der Waals surface area contributed by atoms with Crippen LogP contribution in [0, 0.1) is 0 Å². The maximum absolute atomic E-state index is 12.2. The molecular formula is C21H29N5O4S2. The number of benzene rings is 1. The molecule has 2 aromatic rings. The summed E-state index contributed by atoms with van der Waals surface area (Å²) in [5, 5.41) is 10.9. The van der Waals surface area contributed by atoms with E-state index in [1.54, 1.807) is 6.07 Å². The molecule has 0 unspecified atom stereocenters. The van der Waals surface area contributed by atoms with Gasteiger partial charge in [0.2, 0.25) is 15.9 Å². The molecule has 0 spiro atoms. The van der Waals surface area contributed by atoms with Crippen LogP contribution in [0.25, 0.3) is 11.0 Å². The molecule has 174 valence electrons. The number of amides is 3. The van der Waals surface area contributed by atoms with Crippen molar-refractivity contribution < 1.29 is 18.0 Å². The molecule has 1 aromatic carbocycles. The zero-order valence-corrected chi connectivity index (χ0v) is 19.7. The Kier molecular flexibility index (Phi) is 8.32. The molecule has 1 aliphatic rings. The first-order valence-corrected chi connectivity index (χ1v) is 13.2. The minimum absolute atomic E-state index is 0.00759. The smallest absolute Gasteiger partial charge is 0.321 e. The lowest BCUT2D eigenvalue weighted by atomic mass is 9.97. The number of carbonyl (C=O) groups is 2. The average Bonchev–Trinajstić information content (AvgIpc) is 3.09. The average molecular weight is 480 g/mol. The Bertz CT molecular complexity index is 1120. The maximum Gasteiger partial charge on any atom is 0.321 e. The molecular weight excluding hydrogens is 450 g/mol. The standard InChI is InChI=1S/C21H29N5O4S2/c1-2-12-26-18-9-8-16(32(22,29)30)13-17(18)24-21(26)31-14-19(27)25-20(28)23-11-10-15-6-4-3-5-7-15/h6,8-9,13H,2-5,7,10-12,14H2,1H3,(H2,22,29,30)(H2,23,25,27,28). The minimum Gasteiger partial charge on any atom is -0.337 e. The normalized spacial score (nSPS) is 14.2. The van der Waals surface area contributed by atoms with Crippen LogP contribution in [0.1, 0.15) is 45.4 Å². The molecule has 1 aliphatic carbocycles. The summed E-state index contributed by atoms with van der Waals surface area (Å²) in [7, 11) is -3.83. The number of urea groups is 1. The van der Waals surface area contributed by atoms with Crippen LogP contribution in [0.5, 0.6) is 0 Å². The summed E-state index contributed by atoms with van der Waals surface area (Å²) in [5.41, 5.74) is 2.61. The van der Waals surface area contributed by atoms with Gasteiger partial charge < -0.3 is 9.88 Å². The summed E-state index contributed by atoms with van der Waals surface area (Å²) in [4.78, 5) is 28.7. The molecule has 9 nitrogen and oxygen atoms in total. The first-order chi connectivity index (χ1) is 15.3. The number of allylic oxidation sites excluding steroid dienone is 1. The largest absolute Gasteiger partial charge is 0.337 e. The van der Waals surface area contributed by atoms with Crippen molar-refractivity contribution in [2.75, 3.05) is 12.3 Å². The van der Waals surface area contributed by atoms with Gasteiger partial charge >= 0.3 is 6.03 Å². The van der Waals surface area contributed by atoms with E-state index in [2.05, 4.69) is 21.7 Å². The van der Waals surface area contributed by atoms with Gasteiger partial charge in [-0.05, 0) is 56.7 Å². The fourth-order valence-electron chi connectivity index (χ4n) is 3.62. The zero-order valence-electron chi connectivity index (χ0n) is 18.1. The van der Waals surface area contributed by atoms with Gasteiger partial charge in [0.25, 0.3) is 0 Å². The molecule has 0 saturated carbocycles. The molecule has 1 heterocycles. The third kappa shape index (κ3) is 6.57. The van der Waals surface area contributed by atoms with Gasteiger partial charge in [0.1, 0.15) is 0 Å². The van der Waals surface area contributed by atoms with Gasteiger partial charge in [0, 0.05) is 13.1 Å². The van der Waals surface area contributed by atoms with Crippen molar-refractivity contribution in [3.05, 3.63) is 29.8 Å². The quantitative estimate of drug-likeness (QED) is 0.374. The first kappa shape index (κ1) is 24.3. The number of fused-ring (bicyclic) bond motifs is 1. The maximum atomic E-state index is 12.2. The predicted molar refractivity (Wildman–Crippen MR) is 125 cm³/mol. The summed E-state index contributed by atoms with van der Waals surface area (Å²) in [6.07, 6.45) is 8.47. The van der Waals surface area contributed by atoms with E-state index in [9.17, 15) is 18.0 Å². The summed E-state index contributed by atoms with van der Waals surface area (Å²) in [6.45, 7) is 3.17. The van der Waals surface area contributed by atoms with Gasteiger partial charge in [-0.1, -0.05) is 30.3 Å². The van der Waals surface area contributed by atoms with Crippen molar-refractivity contribution in [3.8, 4) is 0 Å². The van der Waals surface area contributed by atoms with Gasteiger partial charge in [-0.25, -0.2) is 23.3 Å². The molecule has 0 atom stereocenters. The van der Waals surface area contributed by atoms with Gasteiger partial charge in [-0.15, -0.1) is 0 Å². The van der Waals surface area contributed by atoms with Crippen LogP contribution in [0.15, 0.2) is 39.9 Å². The zero-order chi connectivity index (χ0) is 23.1. The Balaban J connectivity index is 1.57. The molecule has 4 N–H and O–H groups in total. The number of sulfonamides is 1. The third-order valence-corrected chi connectivity index (χ3v) is 7.05. The van der Waals surface area contributed by atoms with E-state index < -0.39 is 22.0 Å². The fraction of sp³-hybridized carbons (Fsp3) is 0.476. The van der Waals surface area contributed by atoms with Crippen molar-refractivity contribution >= 4 is 44.8 Å². The van der Waals surface area contributed by atoms with Crippen molar-refractivity contribution in [3.63, 3.8) is 0 Å². The van der Waals surface area contributed by atoms with E-state index in [1.807, 2.05) is 11.5 Å². The van der Waals surface area contributed by atoms with Gasteiger partial charge in [-0.3, -0.25) is 10.1 Å². The molecule has 11 heteroatoms. The Morgan fingerprint density at radius 2 is 2.09 bits per heavy atom. The van der Waals surface area contributed by atoms with Crippen LogP contribution in [0.2, 0.25) is 0 Å². The Labute approximate surface area is 192 Å². The highest BCUT2D eigenvalue weighted by Crippen LogP contribution is 2.26. The van der Waals surface area contributed by atoms with Crippen LogP contribution in [-0.2, 0) is 21.4 Å². The van der Waals surface area contributed by atoms with Crippen LogP contribution in [0.4, 0.5) is 4.79 Å². The lowest BCUT2D eigenvalue weighted by Gasteiger charge is -2.13. The molecule has 1 aromatic heterocycles. The molecule has 0 bridgehead atoms. The molecule has 32 heavy (non-hydrogen) atoms. The Morgan fingerprint density at radius 3 is 2.78 bits per heavy atom. The van der Waals surface area contributed by atoms with Crippen molar-refractivity contribution in [2.24, 2.45) is 5.14 Å². The number of imidazole rings is 1. The van der Waals surface area contributed by atoms with E-state index in [-0.39, 0.29) is 10.6 Å². The second-order valence-corrected chi connectivity index (χ2v) is 10.2. The van der Waals surface area contributed by atoms with E-state index in [1.165, 1.54) is 42.3 Å². The number of hydrogen-bond donors (Lipinski definition) is 3. The molecule has 0 saturated heterocycles. The van der Waals surface area contributed by atoms with Gasteiger partial charge in [-0.2, -0.15) is 0 Å². The molecule has 0 aliphatic heterocycles. The lowest BCUT2D eigenvalue weighted by Crippen LogP contribution is -2.40. The molecule has 3 amide bonds. The van der Waals surface area contributed by atoms with E-state index in [0.29, 0.717) is 23.8 Å². The van der Waals surface area contributed by atoms with E-state index in [4.69, 9.17) is 5.14 Å². The minimum atomic E-state index is -3.83. The highest BCUT2D eigenvalue weighted by atomic mass is 32.2. The van der Waals surface area contributed by atoms with Crippen molar-refractivity contribution in [2.45, 2.75) is 62.0 Å². The SMILES string of the molecule is CCCn1c(SCC(=O)NC(=O)NCCC2=CCCCC2)nc2cc(S(N)(=O)=O)ccc21. The van der Waals surface area contributed by atoms with E-state index >= 15 is 0 Å². The number of nitrogens with one attached hydrogen (secondary N) is 2. The summed E-state index contributed by atoms with van der Waals surface area (Å²) in [5.74, 6) is -0.419. The summed E-state index contributed by atoms with van der Waals surface area (Å²) >= 11 is 1.19. The van der Waals surface area contributed by atoms with Crippen molar-refractivity contribution in [1.82, 2.24) is 20.2 Å². The Hall–Kier alpha value is -2.37. The number of aryl methyl sites for hydroxylation is 1. The van der Waals surface area contributed by atoms with Crippen LogP contribution in [-0.4, -0.2) is 42.2 Å². The second kappa shape index (κ2) is 11.0. The number of carbonyl (C=O) groups excluding carboxylic acids is 2. The highest BCUT2D eigenvalue weighted by Gasteiger charge is 2.16. The predicted octanol–water partition coefficient (Wildman–Crippen LogP) is 2.90. The first-order valence-electron chi connectivity index (χ1n) is 10.7. The molecule has 0 radical (unpaired) electrons. The van der Waals surface area contributed by atoms with Crippen molar-refractivity contribution in [1.29, 1.82) is 0 Å². The van der Waals surface area contributed by atoms with Crippen LogP contribution < -0.4 is 15.8 Å². The van der Waals surface area contributed by atoms with Gasteiger partial charge in [0.15, 0.2) is 5.16 Å². The number of nitrogens with two attached hydrogens (primary N) is 1. The number of imide groups is 1. The number of thioether (sulfide) groups is 1. The number of primary sulfonamides is 1. The Morgan fingerprint density at radius 1 is 1.28 bits per heavy atom. The highest BCUT2D eigenvalue weighted by molar-refractivity contribution is 7.99. The second-order valence-electron chi connectivity index (χ2n) is 7.69. The molecule has 3 rings (SSSR count). The number of hydrogen-bond acceptors (Lipinski definition) is 6. The van der Waals surface area contributed by atoms with Crippen LogP contribution >= 0.6 is 11.8 Å². The molecule has 0 fully saturated rings. The topological polar surface area (TPSA) is 136 Å². The number of aromatic nitrogens is 2.